The average Bonchev–Trinajstić information content (AvgIpc) is 2.87. The third kappa shape index (κ3) is 5.82. The molecular formula is C13H24N4O. The van der Waals surface area contributed by atoms with Crippen LogP contribution in [0.25, 0.3) is 0 Å². The van der Waals surface area contributed by atoms with E-state index in [9.17, 15) is 4.79 Å². The SMILES string of the molecule is CCC(CCN)CCC(=O)NCCn1cccn1. The molecule has 0 aliphatic rings. The number of nitrogens with two attached hydrogens (primary N) is 1. The van der Waals surface area contributed by atoms with Crippen molar-refractivity contribution < 1.29 is 4.79 Å². The summed E-state index contributed by atoms with van der Waals surface area (Å²) in [6.07, 6.45) is 7.26. The molecular weight excluding hydrogens is 228 g/mol. The fourth-order valence-electron chi connectivity index (χ4n) is 1.95. The van der Waals surface area contributed by atoms with Crippen LogP contribution in [0.3, 0.4) is 0 Å². The van der Waals surface area contributed by atoms with Crippen LogP contribution < -0.4 is 11.1 Å². The lowest BCUT2D eigenvalue weighted by molar-refractivity contribution is -0.121. The molecule has 1 amide bonds. The van der Waals surface area contributed by atoms with Crippen molar-refractivity contribution in [1.82, 2.24) is 15.1 Å². The Morgan fingerprint density at radius 1 is 1.50 bits per heavy atom. The number of nitrogens with zero attached hydrogens (tertiary/aromatic N) is 2. The van der Waals surface area contributed by atoms with Gasteiger partial charge in [0.2, 0.25) is 5.91 Å². The van der Waals surface area contributed by atoms with Gasteiger partial charge in [0.25, 0.3) is 0 Å². The number of nitrogens with one attached hydrogen (secondary N) is 1. The first-order valence-electron chi connectivity index (χ1n) is 6.70. The van der Waals surface area contributed by atoms with Crippen molar-refractivity contribution in [1.29, 1.82) is 0 Å². The Balaban J connectivity index is 2.09. The molecule has 5 nitrogen and oxygen atoms in total. The molecule has 0 saturated carbocycles. The van der Waals surface area contributed by atoms with Gasteiger partial charge in [-0.3, -0.25) is 9.48 Å². The zero-order valence-corrected chi connectivity index (χ0v) is 11.1. The molecule has 1 aromatic heterocycles. The summed E-state index contributed by atoms with van der Waals surface area (Å²) in [5.74, 6) is 0.699. The highest BCUT2D eigenvalue weighted by molar-refractivity contribution is 5.75. The first-order chi connectivity index (χ1) is 8.76. The molecule has 1 rings (SSSR count). The van der Waals surface area contributed by atoms with E-state index in [-0.39, 0.29) is 5.91 Å². The first kappa shape index (κ1) is 14.7. The third-order valence-corrected chi connectivity index (χ3v) is 3.15. The van der Waals surface area contributed by atoms with Crippen molar-refractivity contribution in [3.63, 3.8) is 0 Å². The van der Waals surface area contributed by atoms with E-state index in [4.69, 9.17) is 5.73 Å². The summed E-state index contributed by atoms with van der Waals surface area (Å²) in [5, 5.41) is 6.99. The van der Waals surface area contributed by atoms with Crippen molar-refractivity contribution in [3.05, 3.63) is 18.5 Å². The molecule has 0 bridgehead atoms. The van der Waals surface area contributed by atoms with E-state index >= 15 is 0 Å². The number of hydrogen-bond donors (Lipinski definition) is 2. The average molecular weight is 252 g/mol. The Hall–Kier alpha value is -1.36. The smallest absolute Gasteiger partial charge is 0.220 e. The van der Waals surface area contributed by atoms with Crippen molar-refractivity contribution in [3.8, 4) is 0 Å². The molecule has 1 aromatic rings. The monoisotopic (exact) mass is 252 g/mol. The molecule has 1 heterocycles. The second-order valence-corrected chi connectivity index (χ2v) is 4.51. The molecule has 0 aromatic carbocycles. The molecule has 0 aliphatic heterocycles. The van der Waals surface area contributed by atoms with Crippen molar-refractivity contribution in [2.45, 2.75) is 39.2 Å². The van der Waals surface area contributed by atoms with Crippen LogP contribution in [-0.4, -0.2) is 28.8 Å². The molecule has 1 unspecified atom stereocenters. The van der Waals surface area contributed by atoms with Crippen LogP contribution in [0.5, 0.6) is 0 Å². The number of carbonyl (C=O) groups is 1. The van der Waals surface area contributed by atoms with Crippen LogP contribution in [0.4, 0.5) is 0 Å². The standard InChI is InChI=1S/C13H24N4O/c1-2-12(6-7-14)4-5-13(18)15-9-11-17-10-3-8-16-17/h3,8,10,12H,2,4-7,9,11,14H2,1H3,(H,15,18). The molecule has 0 radical (unpaired) electrons. The number of aromatic nitrogens is 2. The predicted octanol–water partition coefficient (Wildman–Crippen LogP) is 1.15. The van der Waals surface area contributed by atoms with E-state index in [2.05, 4.69) is 17.3 Å². The normalized spacial score (nSPS) is 12.3. The van der Waals surface area contributed by atoms with Crippen LogP contribution in [-0.2, 0) is 11.3 Å². The van der Waals surface area contributed by atoms with Crippen LogP contribution in [0.2, 0.25) is 0 Å². The van der Waals surface area contributed by atoms with Gasteiger partial charge in [-0.1, -0.05) is 13.3 Å². The Morgan fingerprint density at radius 3 is 2.94 bits per heavy atom. The number of amides is 1. The summed E-state index contributed by atoms with van der Waals surface area (Å²) in [4.78, 5) is 11.6. The van der Waals surface area contributed by atoms with Gasteiger partial charge in [-0.05, 0) is 31.4 Å². The summed E-state index contributed by atoms with van der Waals surface area (Å²) >= 11 is 0. The lowest BCUT2D eigenvalue weighted by Gasteiger charge is -2.13. The minimum Gasteiger partial charge on any atom is -0.354 e. The summed E-state index contributed by atoms with van der Waals surface area (Å²) in [6.45, 7) is 4.21. The zero-order chi connectivity index (χ0) is 13.2. The maximum atomic E-state index is 11.6. The van der Waals surface area contributed by atoms with Gasteiger partial charge in [0.1, 0.15) is 0 Å². The van der Waals surface area contributed by atoms with Gasteiger partial charge in [0.15, 0.2) is 0 Å². The summed E-state index contributed by atoms with van der Waals surface area (Å²) < 4.78 is 1.81. The lowest BCUT2D eigenvalue weighted by Crippen LogP contribution is -2.27. The van der Waals surface area contributed by atoms with Crippen LogP contribution in [0.15, 0.2) is 18.5 Å². The van der Waals surface area contributed by atoms with Crippen molar-refractivity contribution in [2.75, 3.05) is 13.1 Å². The van der Waals surface area contributed by atoms with E-state index in [0.717, 1.165) is 25.8 Å². The van der Waals surface area contributed by atoms with Gasteiger partial charge in [-0.2, -0.15) is 5.10 Å². The number of rotatable bonds is 9. The molecule has 18 heavy (non-hydrogen) atoms. The zero-order valence-electron chi connectivity index (χ0n) is 11.1. The van der Waals surface area contributed by atoms with E-state index in [1.807, 2.05) is 16.9 Å². The van der Waals surface area contributed by atoms with Gasteiger partial charge in [-0.25, -0.2) is 0 Å². The van der Waals surface area contributed by atoms with E-state index in [1.165, 1.54) is 0 Å². The van der Waals surface area contributed by atoms with Gasteiger partial charge in [0.05, 0.1) is 6.54 Å². The molecule has 0 fully saturated rings. The minimum absolute atomic E-state index is 0.123. The Kier molecular flexibility index (Phi) is 7.10. The van der Waals surface area contributed by atoms with E-state index in [0.29, 0.717) is 25.4 Å². The fraction of sp³-hybridized carbons (Fsp3) is 0.692. The van der Waals surface area contributed by atoms with Crippen molar-refractivity contribution in [2.24, 2.45) is 11.7 Å². The van der Waals surface area contributed by atoms with E-state index in [1.54, 1.807) is 6.20 Å². The largest absolute Gasteiger partial charge is 0.354 e. The first-order valence-corrected chi connectivity index (χ1v) is 6.70. The predicted molar refractivity (Wildman–Crippen MR) is 71.9 cm³/mol. The highest BCUT2D eigenvalue weighted by Crippen LogP contribution is 2.14. The molecule has 0 aliphatic carbocycles. The van der Waals surface area contributed by atoms with Gasteiger partial charge in [0, 0.05) is 25.4 Å². The molecule has 3 N–H and O–H groups in total. The molecule has 1 atom stereocenters. The minimum atomic E-state index is 0.123. The second kappa shape index (κ2) is 8.69. The fourth-order valence-corrected chi connectivity index (χ4v) is 1.95. The Labute approximate surface area is 109 Å². The van der Waals surface area contributed by atoms with Crippen LogP contribution in [0, 0.1) is 5.92 Å². The van der Waals surface area contributed by atoms with Crippen LogP contribution in [0.1, 0.15) is 32.6 Å². The van der Waals surface area contributed by atoms with Gasteiger partial charge < -0.3 is 11.1 Å². The van der Waals surface area contributed by atoms with E-state index < -0.39 is 0 Å². The van der Waals surface area contributed by atoms with Crippen molar-refractivity contribution >= 4 is 5.91 Å². The molecule has 0 spiro atoms. The van der Waals surface area contributed by atoms with Gasteiger partial charge in [-0.15, -0.1) is 0 Å². The molecule has 5 heteroatoms. The number of hydrogen-bond acceptors (Lipinski definition) is 3. The maximum absolute atomic E-state index is 11.6. The second-order valence-electron chi connectivity index (χ2n) is 4.51. The topological polar surface area (TPSA) is 72.9 Å². The quantitative estimate of drug-likeness (QED) is 0.692. The van der Waals surface area contributed by atoms with Crippen LogP contribution >= 0.6 is 0 Å². The summed E-state index contributed by atoms with van der Waals surface area (Å²) in [7, 11) is 0. The maximum Gasteiger partial charge on any atom is 0.220 e. The third-order valence-electron chi connectivity index (χ3n) is 3.15. The molecule has 0 saturated heterocycles. The summed E-state index contributed by atoms with van der Waals surface area (Å²) in [6, 6.07) is 1.88. The highest BCUT2D eigenvalue weighted by Gasteiger charge is 2.08. The van der Waals surface area contributed by atoms with Gasteiger partial charge >= 0.3 is 0 Å². The highest BCUT2D eigenvalue weighted by atomic mass is 16.1. The number of carbonyl (C=O) groups excluding carboxylic acids is 1. The Bertz CT molecular complexity index is 324. The molecule has 102 valence electrons. The summed E-state index contributed by atoms with van der Waals surface area (Å²) in [5.41, 5.74) is 5.54. The Morgan fingerprint density at radius 2 is 2.33 bits per heavy atom. The lowest BCUT2D eigenvalue weighted by atomic mass is 9.96.